The van der Waals surface area contributed by atoms with Crippen LogP contribution in [-0.2, 0) is 0 Å². The first kappa shape index (κ1) is 16.0. The molecule has 1 unspecified atom stereocenters. The predicted molar refractivity (Wildman–Crippen MR) is 97.8 cm³/mol. The van der Waals surface area contributed by atoms with Gasteiger partial charge in [-0.2, -0.15) is 0 Å². The molecule has 2 aromatic carbocycles. The first-order valence-corrected chi connectivity index (χ1v) is 8.06. The van der Waals surface area contributed by atoms with Gasteiger partial charge in [0.15, 0.2) is 5.11 Å². The number of thiocarbonyl (C=S) groups is 1. The summed E-state index contributed by atoms with van der Waals surface area (Å²) in [5, 5.41) is 7.16. The molecule has 0 bridgehead atoms. The topological polar surface area (TPSA) is 24.1 Å². The van der Waals surface area contributed by atoms with Gasteiger partial charge in [0.25, 0.3) is 0 Å². The van der Waals surface area contributed by atoms with E-state index in [1.165, 1.54) is 16.7 Å². The average molecular weight is 363 g/mol. The van der Waals surface area contributed by atoms with E-state index in [0.29, 0.717) is 5.11 Å². The summed E-state index contributed by atoms with van der Waals surface area (Å²) in [5.74, 6) is 0. The van der Waals surface area contributed by atoms with Crippen LogP contribution in [0.4, 0.5) is 5.69 Å². The molecule has 0 aliphatic heterocycles. The Labute approximate surface area is 140 Å². The van der Waals surface area contributed by atoms with Crippen molar-refractivity contribution in [3.8, 4) is 0 Å². The molecule has 0 saturated carbocycles. The van der Waals surface area contributed by atoms with Crippen molar-refractivity contribution in [3.05, 3.63) is 63.6 Å². The monoisotopic (exact) mass is 362 g/mol. The van der Waals surface area contributed by atoms with Crippen LogP contribution < -0.4 is 10.6 Å². The molecule has 2 N–H and O–H groups in total. The molecular formula is C17H19BrN2S. The second kappa shape index (κ2) is 7.05. The van der Waals surface area contributed by atoms with Gasteiger partial charge in [-0.25, -0.2) is 0 Å². The Morgan fingerprint density at radius 1 is 1.10 bits per heavy atom. The van der Waals surface area contributed by atoms with Crippen molar-refractivity contribution in [2.75, 3.05) is 5.32 Å². The van der Waals surface area contributed by atoms with Crippen LogP contribution in [0.5, 0.6) is 0 Å². The smallest absolute Gasteiger partial charge is 0.171 e. The lowest BCUT2D eigenvalue weighted by molar-refractivity contribution is 0.722. The van der Waals surface area contributed by atoms with Gasteiger partial charge >= 0.3 is 0 Å². The first-order valence-electron chi connectivity index (χ1n) is 6.86. The molecule has 0 fully saturated rings. The molecule has 110 valence electrons. The molecule has 0 saturated heterocycles. The molecule has 0 aromatic heterocycles. The molecule has 0 radical (unpaired) electrons. The highest BCUT2D eigenvalue weighted by molar-refractivity contribution is 9.10. The Balaban J connectivity index is 1.97. The second-order valence-corrected chi connectivity index (χ2v) is 6.46. The molecule has 0 amide bonds. The third-order valence-corrected chi connectivity index (χ3v) is 4.45. The molecule has 2 aromatic rings. The fourth-order valence-corrected chi connectivity index (χ4v) is 2.57. The van der Waals surface area contributed by atoms with Crippen molar-refractivity contribution in [2.24, 2.45) is 0 Å². The van der Waals surface area contributed by atoms with Gasteiger partial charge in [0.05, 0.1) is 6.04 Å². The van der Waals surface area contributed by atoms with Crippen LogP contribution in [0.3, 0.4) is 0 Å². The lowest BCUT2D eigenvalue weighted by Crippen LogP contribution is -2.30. The summed E-state index contributed by atoms with van der Waals surface area (Å²) in [6.07, 6.45) is 0. The van der Waals surface area contributed by atoms with Crippen LogP contribution in [0.2, 0.25) is 0 Å². The predicted octanol–water partition coefficient (Wildman–Crippen LogP) is 5.11. The summed E-state index contributed by atoms with van der Waals surface area (Å²) in [7, 11) is 0. The minimum absolute atomic E-state index is 0.169. The van der Waals surface area contributed by atoms with E-state index in [9.17, 15) is 0 Å². The Morgan fingerprint density at radius 2 is 1.76 bits per heavy atom. The van der Waals surface area contributed by atoms with Gasteiger partial charge in [-0.1, -0.05) is 45.8 Å². The third-order valence-electron chi connectivity index (χ3n) is 3.34. The number of aryl methyl sites for hydroxylation is 2. The minimum atomic E-state index is 0.169. The van der Waals surface area contributed by atoms with Crippen LogP contribution in [-0.4, -0.2) is 5.11 Å². The number of hydrogen-bond donors (Lipinski definition) is 2. The second-order valence-electron chi connectivity index (χ2n) is 5.19. The molecule has 21 heavy (non-hydrogen) atoms. The highest BCUT2D eigenvalue weighted by atomic mass is 79.9. The summed E-state index contributed by atoms with van der Waals surface area (Å²) in [6, 6.07) is 14.7. The van der Waals surface area contributed by atoms with E-state index in [1.54, 1.807) is 0 Å². The van der Waals surface area contributed by atoms with E-state index in [1.807, 2.05) is 12.1 Å². The molecular weight excluding hydrogens is 344 g/mol. The maximum atomic E-state index is 5.38. The zero-order chi connectivity index (χ0) is 15.4. The van der Waals surface area contributed by atoms with Crippen molar-refractivity contribution in [2.45, 2.75) is 26.8 Å². The summed E-state index contributed by atoms with van der Waals surface area (Å²) < 4.78 is 1.10. The van der Waals surface area contributed by atoms with E-state index in [-0.39, 0.29) is 6.04 Å². The lowest BCUT2D eigenvalue weighted by Gasteiger charge is -2.18. The summed E-state index contributed by atoms with van der Waals surface area (Å²) in [6.45, 7) is 6.25. The number of hydrogen-bond acceptors (Lipinski definition) is 1. The van der Waals surface area contributed by atoms with Gasteiger partial charge in [0.1, 0.15) is 0 Å². The van der Waals surface area contributed by atoms with E-state index < -0.39 is 0 Å². The highest BCUT2D eigenvalue weighted by Crippen LogP contribution is 2.20. The molecule has 2 nitrogen and oxygen atoms in total. The van der Waals surface area contributed by atoms with Gasteiger partial charge < -0.3 is 10.6 Å². The molecule has 4 heteroatoms. The van der Waals surface area contributed by atoms with Gasteiger partial charge in [-0.3, -0.25) is 0 Å². The molecule has 2 rings (SSSR count). The maximum absolute atomic E-state index is 5.38. The fraction of sp³-hybridized carbons (Fsp3) is 0.235. The van der Waals surface area contributed by atoms with Crippen molar-refractivity contribution in [3.63, 3.8) is 0 Å². The highest BCUT2D eigenvalue weighted by Gasteiger charge is 2.07. The van der Waals surface area contributed by atoms with Gasteiger partial charge in [-0.15, -0.1) is 0 Å². The molecule has 0 aliphatic carbocycles. The number of anilines is 1. The number of benzene rings is 2. The van der Waals surface area contributed by atoms with Crippen LogP contribution in [0.15, 0.2) is 46.9 Å². The van der Waals surface area contributed by atoms with E-state index >= 15 is 0 Å². The third kappa shape index (κ3) is 4.55. The molecule has 0 heterocycles. The van der Waals surface area contributed by atoms with Gasteiger partial charge in [0.2, 0.25) is 0 Å². The lowest BCUT2D eigenvalue weighted by atomic mass is 10.1. The van der Waals surface area contributed by atoms with Crippen molar-refractivity contribution in [1.29, 1.82) is 0 Å². The largest absolute Gasteiger partial charge is 0.356 e. The maximum Gasteiger partial charge on any atom is 0.171 e. The number of nitrogens with one attached hydrogen (secondary N) is 2. The standard InChI is InChI=1S/C17H19BrN2S/c1-11-4-6-14(7-5-11)13(3)19-17(21)20-15-8-9-16(18)12(2)10-15/h4-10,13H,1-3H3,(H2,19,20,21). The first-order chi connectivity index (χ1) is 9.95. The SMILES string of the molecule is Cc1ccc(C(C)NC(=S)Nc2ccc(Br)c(C)c2)cc1. The van der Waals surface area contributed by atoms with Crippen LogP contribution in [0, 0.1) is 13.8 Å². The summed E-state index contributed by atoms with van der Waals surface area (Å²) in [5.41, 5.74) is 4.65. The Morgan fingerprint density at radius 3 is 2.38 bits per heavy atom. The molecule has 0 aliphatic rings. The van der Waals surface area contributed by atoms with E-state index in [4.69, 9.17) is 12.2 Å². The molecule has 0 spiro atoms. The quantitative estimate of drug-likeness (QED) is 0.741. The minimum Gasteiger partial charge on any atom is -0.356 e. The number of rotatable bonds is 3. The van der Waals surface area contributed by atoms with Crippen LogP contribution in [0.25, 0.3) is 0 Å². The van der Waals surface area contributed by atoms with E-state index in [2.05, 4.69) is 77.7 Å². The van der Waals surface area contributed by atoms with Gasteiger partial charge in [-0.05, 0) is 62.3 Å². The van der Waals surface area contributed by atoms with E-state index in [0.717, 1.165) is 10.2 Å². The summed E-state index contributed by atoms with van der Waals surface area (Å²) in [4.78, 5) is 0. The average Bonchev–Trinajstić information content (AvgIpc) is 2.43. The van der Waals surface area contributed by atoms with Crippen LogP contribution in [0.1, 0.15) is 29.7 Å². The summed E-state index contributed by atoms with van der Waals surface area (Å²) >= 11 is 8.88. The normalized spacial score (nSPS) is 11.8. The zero-order valence-corrected chi connectivity index (χ0v) is 14.8. The molecule has 1 atom stereocenters. The van der Waals surface area contributed by atoms with Gasteiger partial charge in [0, 0.05) is 10.2 Å². The van der Waals surface area contributed by atoms with Crippen LogP contribution >= 0.6 is 28.1 Å². The van der Waals surface area contributed by atoms with Crippen molar-refractivity contribution < 1.29 is 0 Å². The number of halogens is 1. The zero-order valence-electron chi connectivity index (χ0n) is 12.4. The van der Waals surface area contributed by atoms with Crippen molar-refractivity contribution in [1.82, 2.24) is 5.32 Å². The fourth-order valence-electron chi connectivity index (χ4n) is 2.02. The Hall–Kier alpha value is -1.39. The Bertz CT molecular complexity index is 638. The van der Waals surface area contributed by atoms with Crippen molar-refractivity contribution >= 4 is 38.9 Å². The Kier molecular flexibility index (Phi) is 5.37.